The molecule has 0 bridgehead atoms. The Hall–Kier alpha value is -2.60. The van der Waals surface area contributed by atoms with Crippen LogP contribution in [0.1, 0.15) is 38.8 Å². The van der Waals surface area contributed by atoms with Crippen LogP contribution in [0.2, 0.25) is 0 Å². The second kappa shape index (κ2) is 8.19. The van der Waals surface area contributed by atoms with Gasteiger partial charge >= 0.3 is 0 Å². The quantitative estimate of drug-likeness (QED) is 0.581. The maximum Gasteiger partial charge on any atom is 0.277 e. The molecule has 1 amide bonds. The summed E-state index contributed by atoms with van der Waals surface area (Å²) >= 11 is 1.24. The molecule has 5 nitrogen and oxygen atoms in total. The molecular weight excluding hydrogens is 370 g/mol. The van der Waals surface area contributed by atoms with Crippen molar-refractivity contribution in [3.8, 4) is 11.5 Å². The molecule has 0 saturated carbocycles. The first-order valence-electron chi connectivity index (χ1n) is 9.21. The van der Waals surface area contributed by atoms with Crippen molar-refractivity contribution in [2.75, 3.05) is 5.32 Å². The molecule has 3 aromatic rings. The van der Waals surface area contributed by atoms with Gasteiger partial charge in [0.15, 0.2) is 0 Å². The number of rotatable bonds is 5. The van der Waals surface area contributed by atoms with Crippen molar-refractivity contribution in [1.82, 2.24) is 10.2 Å². The van der Waals surface area contributed by atoms with Gasteiger partial charge in [0.2, 0.25) is 11.8 Å². The number of benzene rings is 2. The number of amides is 1. The van der Waals surface area contributed by atoms with Crippen molar-refractivity contribution < 1.29 is 9.21 Å². The standard InChI is InChI=1S/C22H25N3O2S/c1-14-6-12-18(13-7-14)23-19(26)15(2)28-21-25-24-20(27-21)16-8-10-17(11-9-16)22(3,4)5/h6-13,15H,1-5H3,(H,23,26)/t15-/m1/s1. The lowest BCUT2D eigenvalue weighted by Gasteiger charge is -2.18. The molecule has 3 rings (SSSR count). The van der Waals surface area contributed by atoms with Gasteiger partial charge < -0.3 is 9.73 Å². The van der Waals surface area contributed by atoms with Crippen molar-refractivity contribution in [1.29, 1.82) is 0 Å². The molecule has 0 unspecified atom stereocenters. The van der Waals surface area contributed by atoms with E-state index in [1.807, 2.05) is 50.2 Å². The highest BCUT2D eigenvalue weighted by Gasteiger charge is 2.19. The highest BCUT2D eigenvalue weighted by Crippen LogP contribution is 2.29. The van der Waals surface area contributed by atoms with E-state index in [1.54, 1.807) is 0 Å². The zero-order chi connectivity index (χ0) is 20.3. The van der Waals surface area contributed by atoms with Crippen LogP contribution in [-0.4, -0.2) is 21.4 Å². The average Bonchev–Trinajstić information content (AvgIpc) is 3.11. The zero-order valence-corrected chi connectivity index (χ0v) is 17.6. The van der Waals surface area contributed by atoms with Gasteiger partial charge in [-0.05, 0) is 49.1 Å². The molecule has 1 atom stereocenters. The van der Waals surface area contributed by atoms with Crippen LogP contribution in [-0.2, 0) is 10.2 Å². The summed E-state index contributed by atoms with van der Waals surface area (Å²) in [6.45, 7) is 10.3. The summed E-state index contributed by atoms with van der Waals surface area (Å²) in [6, 6.07) is 15.8. The lowest BCUT2D eigenvalue weighted by Crippen LogP contribution is -2.22. The van der Waals surface area contributed by atoms with Gasteiger partial charge in [-0.25, -0.2) is 0 Å². The minimum atomic E-state index is -0.363. The van der Waals surface area contributed by atoms with E-state index in [0.29, 0.717) is 11.1 Å². The minimum absolute atomic E-state index is 0.0919. The maximum absolute atomic E-state index is 12.4. The van der Waals surface area contributed by atoms with Crippen LogP contribution in [0.3, 0.4) is 0 Å². The van der Waals surface area contributed by atoms with Gasteiger partial charge in [-0.15, -0.1) is 10.2 Å². The van der Waals surface area contributed by atoms with Gasteiger partial charge in [0.25, 0.3) is 5.22 Å². The van der Waals surface area contributed by atoms with Crippen LogP contribution in [0.15, 0.2) is 58.2 Å². The van der Waals surface area contributed by atoms with Crippen molar-refractivity contribution in [2.45, 2.75) is 50.5 Å². The Bertz CT molecular complexity index is 941. The Morgan fingerprint density at radius 1 is 1.04 bits per heavy atom. The second-order valence-corrected chi connectivity index (χ2v) is 9.11. The Kier molecular flexibility index (Phi) is 5.89. The summed E-state index contributed by atoms with van der Waals surface area (Å²) in [5.41, 5.74) is 4.12. The third kappa shape index (κ3) is 5.01. The van der Waals surface area contributed by atoms with E-state index >= 15 is 0 Å². The van der Waals surface area contributed by atoms with E-state index in [9.17, 15) is 4.79 Å². The van der Waals surface area contributed by atoms with Gasteiger partial charge in [0.05, 0.1) is 5.25 Å². The Labute approximate surface area is 170 Å². The summed E-state index contributed by atoms with van der Waals surface area (Å²) in [5, 5.41) is 11.1. The van der Waals surface area contributed by atoms with Crippen molar-refractivity contribution in [3.63, 3.8) is 0 Å². The molecule has 0 spiro atoms. The number of nitrogens with zero attached hydrogens (tertiary/aromatic N) is 2. The lowest BCUT2D eigenvalue weighted by atomic mass is 9.87. The largest absolute Gasteiger partial charge is 0.411 e. The molecule has 0 aliphatic carbocycles. The predicted molar refractivity (Wildman–Crippen MR) is 114 cm³/mol. The summed E-state index contributed by atoms with van der Waals surface area (Å²) in [5.74, 6) is 0.345. The van der Waals surface area contributed by atoms with Gasteiger partial charge in [0, 0.05) is 11.3 Å². The van der Waals surface area contributed by atoms with Crippen LogP contribution < -0.4 is 5.32 Å². The third-order valence-corrected chi connectivity index (χ3v) is 5.30. The fraction of sp³-hybridized carbons (Fsp3) is 0.318. The Morgan fingerprint density at radius 2 is 1.68 bits per heavy atom. The first-order chi connectivity index (χ1) is 13.2. The summed E-state index contributed by atoms with van der Waals surface area (Å²) < 4.78 is 5.74. The summed E-state index contributed by atoms with van der Waals surface area (Å²) in [7, 11) is 0. The number of carbonyl (C=O) groups is 1. The fourth-order valence-corrected chi connectivity index (χ4v) is 3.26. The third-order valence-electron chi connectivity index (χ3n) is 4.37. The van der Waals surface area contributed by atoms with Crippen LogP contribution in [0.25, 0.3) is 11.5 Å². The molecule has 0 aliphatic rings. The molecule has 0 fully saturated rings. The summed E-state index contributed by atoms with van der Waals surface area (Å²) in [4.78, 5) is 12.4. The molecule has 1 N–H and O–H groups in total. The monoisotopic (exact) mass is 395 g/mol. The Morgan fingerprint density at radius 3 is 2.29 bits per heavy atom. The molecule has 6 heteroatoms. The number of hydrogen-bond acceptors (Lipinski definition) is 5. The van der Waals surface area contributed by atoms with Gasteiger partial charge in [-0.2, -0.15) is 0 Å². The molecule has 1 aromatic heterocycles. The minimum Gasteiger partial charge on any atom is -0.411 e. The smallest absolute Gasteiger partial charge is 0.277 e. The van der Waals surface area contributed by atoms with E-state index in [1.165, 1.54) is 17.3 Å². The molecule has 0 radical (unpaired) electrons. The zero-order valence-electron chi connectivity index (χ0n) is 16.8. The predicted octanol–water partition coefficient (Wildman–Crippen LogP) is 5.46. The van der Waals surface area contributed by atoms with Crippen molar-refractivity contribution in [3.05, 3.63) is 59.7 Å². The van der Waals surface area contributed by atoms with E-state index in [4.69, 9.17) is 4.42 Å². The number of aromatic nitrogens is 2. The maximum atomic E-state index is 12.4. The highest BCUT2D eigenvalue weighted by molar-refractivity contribution is 8.00. The lowest BCUT2D eigenvalue weighted by molar-refractivity contribution is -0.115. The molecule has 2 aromatic carbocycles. The van der Waals surface area contributed by atoms with E-state index in [-0.39, 0.29) is 16.6 Å². The van der Waals surface area contributed by atoms with Gasteiger partial charge in [-0.1, -0.05) is 62.4 Å². The molecule has 146 valence electrons. The molecule has 0 saturated heterocycles. The van der Waals surface area contributed by atoms with Crippen LogP contribution in [0.4, 0.5) is 5.69 Å². The average molecular weight is 396 g/mol. The first-order valence-corrected chi connectivity index (χ1v) is 10.1. The SMILES string of the molecule is Cc1ccc(NC(=O)[C@@H](C)Sc2nnc(-c3ccc(C(C)(C)C)cc3)o2)cc1. The van der Waals surface area contributed by atoms with Crippen LogP contribution >= 0.6 is 11.8 Å². The van der Waals surface area contributed by atoms with Crippen LogP contribution in [0.5, 0.6) is 0 Å². The van der Waals surface area contributed by atoms with Gasteiger partial charge in [0.1, 0.15) is 0 Å². The van der Waals surface area contributed by atoms with E-state index in [2.05, 4.69) is 48.4 Å². The molecule has 28 heavy (non-hydrogen) atoms. The number of thioether (sulfide) groups is 1. The number of hydrogen-bond donors (Lipinski definition) is 1. The number of anilines is 1. The van der Waals surface area contributed by atoms with Crippen molar-refractivity contribution >= 4 is 23.4 Å². The van der Waals surface area contributed by atoms with Crippen molar-refractivity contribution in [2.24, 2.45) is 0 Å². The van der Waals surface area contributed by atoms with Gasteiger partial charge in [-0.3, -0.25) is 4.79 Å². The second-order valence-electron chi connectivity index (χ2n) is 7.82. The molecule has 1 heterocycles. The number of aryl methyl sites for hydroxylation is 1. The van der Waals surface area contributed by atoms with E-state index in [0.717, 1.165) is 16.8 Å². The summed E-state index contributed by atoms with van der Waals surface area (Å²) in [6.07, 6.45) is 0. The fourth-order valence-electron chi connectivity index (χ4n) is 2.57. The Balaban J connectivity index is 1.63. The highest BCUT2D eigenvalue weighted by atomic mass is 32.2. The number of carbonyl (C=O) groups excluding carboxylic acids is 1. The van der Waals surface area contributed by atoms with E-state index < -0.39 is 0 Å². The number of nitrogens with one attached hydrogen (secondary N) is 1. The van der Waals surface area contributed by atoms with Crippen LogP contribution in [0, 0.1) is 6.92 Å². The molecular formula is C22H25N3O2S. The topological polar surface area (TPSA) is 68.0 Å². The normalized spacial score (nSPS) is 12.6. The first kappa shape index (κ1) is 20.1. The molecule has 0 aliphatic heterocycles.